The summed E-state index contributed by atoms with van der Waals surface area (Å²) in [6.07, 6.45) is 4.32. The second kappa shape index (κ2) is 7.15. The number of anilines is 3. The quantitative estimate of drug-likeness (QED) is 0.664. The van der Waals surface area contributed by atoms with Crippen molar-refractivity contribution in [3.8, 4) is 0 Å². The van der Waals surface area contributed by atoms with E-state index in [0.29, 0.717) is 35.0 Å². The summed E-state index contributed by atoms with van der Waals surface area (Å²) in [5.74, 6) is 0.757. The monoisotopic (exact) mass is 369 g/mol. The lowest BCUT2D eigenvalue weighted by molar-refractivity contribution is 0.0966. The molecular weight excluding hydrogens is 345 g/mol. The molecule has 1 saturated carbocycles. The lowest BCUT2D eigenvalue weighted by atomic mass is 9.91. The summed E-state index contributed by atoms with van der Waals surface area (Å²) in [6.45, 7) is 2.17. The summed E-state index contributed by atoms with van der Waals surface area (Å²) in [5.41, 5.74) is 8.90. The molecule has 2 atom stereocenters. The molecule has 1 aliphatic heterocycles. The van der Waals surface area contributed by atoms with Crippen LogP contribution in [-0.4, -0.2) is 23.0 Å². The molecule has 6 nitrogen and oxygen atoms in total. The zero-order chi connectivity index (χ0) is 19.0. The average molecular weight is 369 g/mol. The number of aryl methyl sites for hydroxylation is 1. The highest BCUT2D eigenvalue weighted by Gasteiger charge is 2.27. The number of carbonyl (C=O) groups is 1. The zero-order valence-electron chi connectivity index (χ0n) is 15.3. The molecule has 2 aliphatic rings. The second-order valence-electron chi connectivity index (χ2n) is 7.36. The van der Waals surface area contributed by atoms with E-state index in [-0.39, 0.29) is 23.8 Å². The molecular formula is C20H24FN5O. The van der Waals surface area contributed by atoms with Crippen molar-refractivity contribution in [1.29, 1.82) is 0 Å². The SMILES string of the molecule is Cc1cc(Nc2nc(NC3CCCCC3N)cc3c2C(=O)NC3)ccc1F. The number of halogens is 1. The summed E-state index contributed by atoms with van der Waals surface area (Å²) in [7, 11) is 0. The third-order valence-corrected chi connectivity index (χ3v) is 5.34. The number of pyridine rings is 1. The van der Waals surface area contributed by atoms with Crippen LogP contribution < -0.4 is 21.7 Å². The molecule has 2 unspecified atom stereocenters. The van der Waals surface area contributed by atoms with Gasteiger partial charge in [-0.3, -0.25) is 4.79 Å². The van der Waals surface area contributed by atoms with Crippen molar-refractivity contribution in [3.05, 3.63) is 46.8 Å². The highest BCUT2D eigenvalue weighted by molar-refractivity contribution is 6.03. The number of nitrogens with zero attached hydrogens (tertiary/aromatic N) is 1. The van der Waals surface area contributed by atoms with Gasteiger partial charge in [-0.2, -0.15) is 0 Å². The van der Waals surface area contributed by atoms with Crippen molar-refractivity contribution in [2.45, 2.75) is 51.2 Å². The minimum atomic E-state index is -0.266. The lowest BCUT2D eigenvalue weighted by Gasteiger charge is -2.30. The van der Waals surface area contributed by atoms with Gasteiger partial charge in [0, 0.05) is 24.3 Å². The molecule has 1 aliphatic carbocycles. The van der Waals surface area contributed by atoms with Gasteiger partial charge in [0.05, 0.1) is 5.56 Å². The molecule has 0 radical (unpaired) electrons. The van der Waals surface area contributed by atoms with Gasteiger partial charge in [-0.25, -0.2) is 9.37 Å². The molecule has 2 heterocycles. The van der Waals surface area contributed by atoms with Crippen molar-refractivity contribution >= 4 is 23.2 Å². The van der Waals surface area contributed by atoms with Gasteiger partial charge in [-0.15, -0.1) is 0 Å². The number of benzene rings is 1. The maximum atomic E-state index is 13.6. The molecule has 0 bridgehead atoms. The summed E-state index contributed by atoms with van der Waals surface area (Å²) in [4.78, 5) is 16.9. The summed E-state index contributed by atoms with van der Waals surface area (Å²) in [5, 5.41) is 9.47. The van der Waals surface area contributed by atoms with Crippen molar-refractivity contribution in [2.75, 3.05) is 10.6 Å². The molecule has 1 aromatic carbocycles. The standard InChI is InChI=1S/C20H24FN5O/c1-11-8-13(6-7-14(11)21)24-19-18-12(10-23-20(18)27)9-17(26-19)25-16-5-3-2-4-15(16)22/h6-9,15-16H,2-5,10,22H2,1H3,(H,23,27)(H2,24,25,26). The van der Waals surface area contributed by atoms with Gasteiger partial charge in [0.15, 0.2) is 0 Å². The minimum absolute atomic E-state index is 0.102. The largest absolute Gasteiger partial charge is 0.366 e. The Labute approximate surface area is 157 Å². The van der Waals surface area contributed by atoms with E-state index in [1.165, 1.54) is 6.07 Å². The third-order valence-electron chi connectivity index (χ3n) is 5.34. The summed E-state index contributed by atoms with van der Waals surface area (Å²) in [6, 6.07) is 6.94. The van der Waals surface area contributed by atoms with Crippen LogP contribution in [0.5, 0.6) is 0 Å². The van der Waals surface area contributed by atoms with E-state index < -0.39 is 0 Å². The van der Waals surface area contributed by atoms with E-state index in [2.05, 4.69) is 20.9 Å². The number of aromatic nitrogens is 1. The molecule has 0 spiro atoms. The molecule has 4 rings (SSSR count). The van der Waals surface area contributed by atoms with E-state index in [0.717, 1.165) is 31.2 Å². The number of carbonyl (C=O) groups excluding carboxylic acids is 1. The molecule has 5 N–H and O–H groups in total. The smallest absolute Gasteiger partial charge is 0.255 e. The van der Waals surface area contributed by atoms with E-state index >= 15 is 0 Å². The number of hydrogen-bond donors (Lipinski definition) is 4. The number of nitrogens with two attached hydrogens (primary N) is 1. The van der Waals surface area contributed by atoms with E-state index in [9.17, 15) is 9.18 Å². The Morgan fingerprint density at radius 1 is 1.26 bits per heavy atom. The van der Waals surface area contributed by atoms with Crippen LogP contribution in [0.1, 0.15) is 47.2 Å². The van der Waals surface area contributed by atoms with E-state index in [1.54, 1.807) is 19.1 Å². The maximum Gasteiger partial charge on any atom is 0.255 e. The molecule has 0 saturated heterocycles. The van der Waals surface area contributed by atoms with Crippen molar-refractivity contribution < 1.29 is 9.18 Å². The van der Waals surface area contributed by atoms with Gasteiger partial charge in [0.25, 0.3) is 5.91 Å². The minimum Gasteiger partial charge on any atom is -0.366 e. The Balaban J connectivity index is 1.65. The van der Waals surface area contributed by atoms with E-state index in [4.69, 9.17) is 5.73 Å². The van der Waals surface area contributed by atoms with Crippen molar-refractivity contribution in [3.63, 3.8) is 0 Å². The highest BCUT2D eigenvalue weighted by atomic mass is 19.1. The Morgan fingerprint density at radius 2 is 2.07 bits per heavy atom. The van der Waals surface area contributed by atoms with Crippen LogP contribution >= 0.6 is 0 Å². The van der Waals surface area contributed by atoms with Crippen molar-refractivity contribution in [2.24, 2.45) is 5.73 Å². The van der Waals surface area contributed by atoms with Crippen molar-refractivity contribution in [1.82, 2.24) is 10.3 Å². The first-order valence-electron chi connectivity index (χ1n) is 9.38. The summed E-state index contributed by atoms with van der Waals surface area (Å²) >= 11 is 0. The van der Waals surface area contributed by atoms with Gasteiger partial charge < -0.3 is 21.7 Å². The van der Waals surface area contributed by atoms with Gasteiger partial charge in [-0.05, 0) is 55.2 Å². The molecule has 1 aromatic heterocycles. The van der Waals surface area contributed by atoms with Gasteiger partial charge in [0.1, 0.15) is 17.5 Å². The maximum absolute atomic E-state index is 13.6. The zero-order valence-corrected chi connectivity index (χ0v) is 15.3. The number of fused-ring (bicyclic) bond motifs is 1. The summed E-state index contributed by atoms with van der Waals surface area (Å²) < 4.78 is 13.6. The van der Waals surface area contributed by atoms with Crippen LogP contribution in [-0.2, 0) is 6.54 Å². The number of hydrogen-bond acceptors (Lipinski definition) is 5. The topological polar surface area (TPSA) is 92.1 Å². The molecule has 7 heteroatoms. The van der Waals surface area contributed by atoms with E-state index in [1.807, 2.05) is 6.07 Å². The normalized spacial score (nSPS) is 21.5. The molecule has 1 amide bonds. The van der Waals surface area contributed by atoms with Gasteiger partial charge in [0.2, 0.25) is 0 Å². The number of amides is 1. The predicted molar refractivity (Wildman–Crippen MR) is 104 cm³/mol. The Bertz CT molecular complexity index is 885. The average Bonchev–Trinajstić information content (AvgIpc) is 3.01. The molecule has 1 fully saturated rings. The Morgan fingerprint density at radius 3 is 2.85 bits per heavy atom. The third kappa shape index (κ3) is 3.60. The fourth-order valence-electron chi connectivity index (χ4n) is 3.81. The number of rotatable bonds is 4. The van der Waals surface area contributed by atoms with Crippen LogP contribution in [0.3, 0.4) is 0 Å². The van der Waals surface area contributed by atoms with Crippen LogP contribution in [0.15, 0.2) is 24.3 Å². The fraction of sp³-hybridized carbons (Fsp3) is 0.400. The number of nitrogens with one attached hydrogen (secondary N) is 3. The second-order valence-corrected chi connectivity index (χ2v) is 7.36. The molecule has 27 heavy (non-hydrogen) atoms. The molecule has 142 valence electrons. The van der Waals surface area contributed by atoms with Crippen LogP contribution in [0.4, 0.5) is 21.7 Å². The van der Waals surface area contributed by atoms with Crippen LogP contribution in [0.25, 0.3) is 0 Å². The Hall–Kier alpha value is -2.67. The van der Waals surface area contributed by atoms with Gasteiger partial charge >= 0.3 is 0 Å². The first kappa shape index (κ1) is 17.7. The lowest BCUT2D eigenvalue weighted by Crippen LogP contribution is -2.42. The first-order valence-corrected chi connectivity index (χ1v) is 9.38. The van der Waals surface area contributed by atoms with Crippen LogP contribution in [0, 0.1) is 12.7 Å². The first-order chi connectivity index (χ1) is 13.0. The predicted octanol–water partition coefficient (Wildman–Crippen LogP) is 3.20. The highest BCUT2D eigenvalue weighted by Crippen LogP contribution is 2.30. The molecule has 2 aromatic rings. The van der Waals surface area contributed by atoms with Crippen LogP contribution in [0.2, 0.25) is 0 Å². The van der Waals surface area contributed by atoms with Gasteiger partial charge in [-0.1, -0.05) is 12.8 Å². The fourth-order valence-corrected chi connectivity index (χ4v) is 3.81. The Kier molecular flexibility index (Phi) is 4.70.